The molecule has 0 aromatic heterocycles. The Balaban J connectivity index is 2.22. The van der Waals surface area contributed by atoms with Crippen molar-refractivity contribution in [3.8, 4) is 0 Å². The Morgan fingerprint density at radius 1 is 1.12 bits per heavy atom. The minimum Gasteiger partial charge on any atom is -0.337 e. The Hall–Kier alpha value is -2.06. The number of halogens is 4. The average molecular weight is 406 g/mol. The molecule has 0 radical (unpaired) electrons. The summed E-state index contributed by atoms with van der Waals surface area (Å²) >= 11 is 5.99. The maximum absolute atomic E-state index is 12.6. The lowest BCUT2D eigenvalue weighted by Gasteiger charge is -2.19. The van der Waals surface area contributed by atoms with Crippen LogP contribution in [-0.2, 0) is 22.6 Å². The van der Waals surface area contributed by atoms with Crippen LogP contribution in [0, 0.1) is 0 Å². The Morgan fingerprint density at radius 2 is 1.69 bits per heavy atom. The molecule has 26 heavy (non-hydrogen) atoms. The van der Waals surface area contributed by atoms with Crippen LogP contribution in [-0.4, -0.2) is 32.5 Å². The third-order valence-electron chi connectivity index (χ3n) is 3.64. The van der Waals surface area contributed by atoms with Gasteiger partial charge in [-0.1, -0.05) is 23.7 Å². The molecular formula is C17H15ClF3NO3S. The van der Waals surface area contributed by atoms with Crippen molar-refractivity contribution in [2.24, 2.45) is 0 Å². The maximum atomic E-state index is 12.6. The zero-order valence-electron chi connectivity index (χ0n) is 13.8. The van der Waals surface area contributed by atoms with Crippen molar-refractivity contribution >= 4 is 27.3 Å². The summed E-state index contributed by atoms with van der Waals surface area (Å²) in [5.74, 6) is -0.541. The molecule has 0 aliphatic heterocycles. The van der Waals surface area contributed by atoms with Gasteiger partial charge in [0.1, 0.15) is 0 Å². The number of alkyl halides is 3. The first-order chi connectivity index (χ1) is 11.9. The number of rotatable bonds is 4. The van der Waals surface area contributed by atoms with Crippen molar-refractivity contribution in [1.82, 2.24) is 4.90 Å². The molecule has 0 fully saturated rings. The molecule has 2 aromatic carbocycles. The molecule has 0 saturated heterocycles. The van der Waals surface area contributed by atoms with Gasteiger partial charge < -0.3 is 4.90 Å². The van der Waals surface area contributed by atoms with E-state index in [1.54, 1.807) is 0 Å². The summed E-state index contributed by atoms with van der Waals surface area (Å²) in [5.41, 5.74) is -0.285. The highest BCUT2D eigenvalue weighted by atomic mass is 35.5. The number of hydrogen-bond acceptors (Lipinski definition) is 3. The lowest BCUT2D eigenvalue weighted by atomic mass is 10.1. The highest BCUT2D eigenvalue weighted by Gasteiger charge is 2.30. The first-order valence-electron chi connectivity index (χ1n) is 7.31. The predicted molar refractivity (Wildman–Crippen MR) is 91.8 cm³/mol. The van der Waals surface area contributed by atoms with Gasteiger partial charge in [0, 0.05) is 19.8 Å². The van der Waals surface area contributed by atoms with Crippen molar-refractivity contribution < 1.29 is 26.4 Å². The van der Waals surface area contributed by atoms with Crippen LogP contribution < -0.4 is 0 Å². The number of nitrogens with zero attached hydrogens (tertiary/aromatic N) is 1. The Labute approximate surface area is 154 Å². The standard InChI is InChI=1S/C17H15ClF3NO3S/c1-22(10-11-3-5-12(6-4-11)17(19,20)21)16(23)14-9-13(26(2,24)25)7-8-15(14)18/h3-9H,10H2,1-2H3. The van der Waals surface area contributed by atoms with E-state index in [9.17, 15) is 26.4 Å². The van der Waals surface area contributed by atoms with Crippen molar-refractivity contribution in [3.63, 3.8) is 0 Å². The van der Waals surface area contributed by atoms with E-state index in [-0.39, 0.29) is 22.0 Å². The molecule has 4 nitrogen and oxygen atoms in total. The highest BCUT2D eigenvalue weighted by Crippen LogP contribution is 2.29. The molecule has 9 heteroatoms. The van der Waals surface area contributed by atoms with Crippen LogP contribution in [0.3, 0.4) is 0 Å². The van der Waals surface area contributed by atoms with Crippen LogP contribution in [0.1, 0.15) is 21.5 Å². The zero-order valence-corrected chi connectivity index (χ0v) is 15.4. The number of hydrogen-bond donors (Lipinski definition) is 0. The molecule has 0 aliphatic carbocycles. The summed E-state index contributed by atoms with van der Waals surface area (Å²) in [6.45, 7) is 0.0381. The number of carbonyl (C=O) groups excluding carboxylic acids is 1. The minimum atomic E-state index is -4.43. The van der Waals surface area contributed by atoms with E-state index >= 15 is 0 Å². The van der Waals surface area contributed by atoms with Gasteiger partial charge in [0.15, 0.2) is 9.84 Å². The fraction of sp³-hybridized carbons (Fsp3) is 0.235. The molecule has 2 aromatic rings. The summed E-state index contributed by atoms with van der Waals surface area (Å²) in [4.78, 5) is 13.7. The monoisotopic (exact) mass is 405 g/mol. The highest BCUT2D eigenvalue weighted by molar-refractivity contribution is 7.90. The SMILES string of the molecule is CN(Cc1ccc(C(F)(F)F)cc1)C(=O)c1cc(S(C)(=O)=O)ccc1Cl. The van der Waals surface area contributed by atoms with Crippen LogP contribution in [0.5, 0.6) is 0 Å². The fourth-order valence-electron chi connectivity index (χ4n) is 2.25. The smallest absolute Gasteiger partial charge is 0.337 e. The van der Waals surface area contributed by atoms with E-state index in [4.69, 9.17) is 11.6 Å². The van der Waals surface area contributed by atoms with E-state index in [1.807, 2.05) is 0 Å². The average Bonchev–Trinajstić information content (AvgIpc) is 2.53. The summed E-state index contributed by atoms with van der Waals surface area (Å²) < 4.78 is 61.0. The largest absolute Gasteiger partial charge is 0.416 e. The van der Waals surface area contributed by atoms with E-state index < -0.39 is 27.5 Å². The van der Waals surface area contributed by atoms with Gasteiger partial charge in [0.25, 0.3) is 5.91 Å². The summed E-state index contributed by atoms with van der Waals surface area (Å²) in [7, 11) is -2.07. The van der Waals surface area contributed by atoms with Crippen LogP contribution in [0.25, 0.3) is 0 Å². The van der Waals surface area contributed by atoms with Gasteiger partial charge >= 0.3 is 6.18 Å². The molecule has 0 atom stereocenters. The molecule has 2 rings (SSSR count). The van der Waals surface area contributed by atoms with Gasteiger partial charge in [-0.25, -0.2) is 8.42 Å². The van der Waals surface area contributed by atoms with Crippen molar-refractivity contribution in [2.45, 2.75) is 17.6 Å². The number of sulfone groups is 1. The van der Waals surface area contributed by atoms with Crippen molar-refractivity contribution in [3.05, 3.63) is 64.2 Å². The third-order valence-corrected chi connectivity index (χ3v) is 5.08. The van der Waals surface area contributed by atoms with Crippen LogP contribution in [0.4, 0.5) is 13.2 Å². The maximum Gasteiger partial charge on any atom is 0.416 e. The van der Waals surface area contributed by atoms with Crippen LogP contribution >= 0.6 is 11.6 Å². The van der Waals surface area contributed by atoms with Gasteiger partial charge in [0.05, 0.1) is 21.0 Å². The van der Waals surface area contributed by atoms with E-state index in [2.05, 4.69) is 0 Å². The van der Waals surface area contributed by atoms with E-state index in [0.717, 1.165) is 18.4 Å². The van der Waals surface area contributed by atoms with Gasteiger partial charge in [-0.15, -0.1) is 0 Å². The molecule has 0 spiro atoms. The third kappa shape index (κ3) is 4.76. The zero-order chi connectivity index (χ0) is 19.7. The summed E-state index contributed by atoms with van der Waals surface area (Å²) in [6, 6.07) is 8.22. The molecular weight excluding hydrogens is 391 g/mol. The normalized spacial score (nSPS) is 12.1. The van der Waals surface area contributed by atoms with Crippen molar-refractivity contribution in [1.29, 1.82) is 0 Å². The van der Waals surface area contributed by atoms with Gasteiger partial charge in [-0.2, -0.15) is 13.2 Å². The lowest BCUT2D eigenvalue weighted by Crippen LogP contribution is -2.26. The predicted octanol–water partition coefficient (Wildman–Crippen LogP) is 4.03. The van der Waals surface area contributed by atoms with Gasteiger partial charge in [-0.05, 0) is 35.9 Å². The molecule has 140 valence electrons. The van der Waals surface area contributed by atoms with Crippen molar-refractivity contribution in [2.75, 3.05) is 13.3 Å². The topological polar surface area (TPSA) is 54.5 Å². The second kappa shape index (κ2) is 7.28. The summed E-state index contributed by atoms with van der Waals surface area (Å²) in [5, 5.41) is 0.0849. The molecule has 1 amide bonds. The summed E-state index contributed by atoms with van der Waals surface area (Å²) in [6.07, 6.45) is -3.42. The van der Waals surface area contributed by atoms with E-state index in [1.165, 1.54) is 42.3 Å². The number of carbonyl (C=O) groups is 1. The van der Waals surface area contributed by atoms with Crippen LogP contribution in [0.15, 0.2) is 47.4 Å². The number of amides is 1. The van der Waals surface area contributed by atoms with E-state index in [0.29, 0.717) is 5.56 Å². The second-order valence-corrected chi connectivity index (χ2v) is 8.19. The van der Waals surface area contributed by atoms with Gasteiger partial charge in [-0.3, -0.25) is 4.79 Å². The Morgan fingerprint density at radius 3 is 2.19 bits per heavy atom. The Kier molecular flexibility index (Phi) is 5.67. The first-order valence-corrected chi connectivity index (χ1v) is 9.58. The minimum absolute atomic E-state index is 0.00371. The molecule has 0 aliphatic rings. The molecule has 0 saturated carbocycles. The fourth-order valence-corrected chi connectivity index (χ4v) is 3.09. The quantitative estimate of drug-likeness (QED) is 0.771. The molecule has 0 unspecified atom stereocenters. The lowest BCUT2D eigenvalue weighted by molar-refractivity contribution is -0.137. The Bertz CT molecular complexity index is 925. The van der Waals surface area contributed by atoms with Crippen LogP contribution in [0.2, 0.25) is 5.02 Å². The first kappa shape index (κ1) is 20.3. The second-order valence-electron chi connectivity index (χ2n) is 5.77. The number of benzene rings is 2. The molecule has 0 heterocycles. The van der Waals surface area contributed by atoms with Gasteiger partial charge in [0.2, 0.25) is 0 Å². The molecule has 0 N–H and O–H groups in total. The molecule has 0 bridgehead atoms.